The lowest BCUT2D eigenvalue weighted by molar-refractivity contribution is -0.143. The molecule has 1 aliphatic carbocycles. The lowest BCUT2D eigenvalue weighted by atomic mass is 9.73. The Morgan fingerprint density at radius 1 is 1.02 bits per heavy atom. The average molecular weight is 678 g/mol. The van der Waals surface area contributed by atoms with E-state index < -0.39 is 53.3 Å². The van der Waals surface area contributed by atoms with Crippen molar-refractivity contribution in [2.75, 3.05) is 20.8 Å². The molecule has 1 amide bonds. The zero-order valence-electron chi connectivity index (χ0n) is 26.8. The second-order valence-corrected chi connectivity index (χ2v) is 12.6. The minimum absolute atomic E-state index is 0.00330. The van der Waals surface area contributed by atoms with Gasteiger partial charge in [-0.2, -0.15) is 26.3 Å². The van der Waals surface area contributed by atoms with Crippen LogP contribution in [0.2, 0.25) is 0 Å². The average Bonchev–Trinajstić information content (AvgIpc) is 3.31. The van der Waals surface area contributed by atoms with E-state index in [1.807, 2.05) is 0 Å². The third-order valence-corrected chi connectivity index (χ3v) is 8.69. The van der Waals surface area contributed by atoms with Gasteiger partial charge in [0.2, 0.25) is 0 Å². The lowest BCUT2D eigenvalue weighted by Crippen LogP contribution is -2.35. The van der Waals surface area contributed by atoms with E-state index in [0.717, 1.165) is 17.6 Å². The van der Waals surface area contributed by atoms with Crippen LogP contribution < -0.4 is 4.74 Å². The number of allylic oxidation sites excluding steroid dienone is 1. The maximum absolute atomic E-state index is 13.6. The van der Waals surface area contributed by atoms with Crippen LogP contribution in [0.15, 0.2) is 54.2 Å². The van der Waals surface area contributed by atoms with Crippen molar-refractivity contribution in [3.63, 3.8) is 0 Å². The van der Waals surface area contributed by atoms with Gasteiger partial charge in [0.1, 0.15) is 11.8 Å². The van der Waals surface area contributed by atoms with Crippen LogP contribution in [0.1, 0.15) is 78.9 Å². The summed E-state index contributed by atoms with van der Waals surface area (Å²) in [5.74, 6) is 0.219. The molecule has 2 heterocycles. The molecule has 0 radical (unpaired) electrons. The molecule has 0 N–H and O–H groups in total. The van der Waals surface area contributed by atoms with Crippen LogP contribution in [-0.2, 0) is 21.8 Å². The summed E-state index contributed by atoms with van der Waals surface area (Å²) in [7, 11) is 2.75. The molecule has 1 aromatic heterocycles. The first kappa shape index (κ1) is 34.7. The fraction of sp³-hybridized carbons (Fsp3) is 0.412. The van der Waals surface area contributed by atoms with Gasteiger partial charge in [-0.25, -0.2) is 19.6 Å². The highest BCUT2D eigenvalue weighted by molar-refractivity contribution is 5.89. The Morgan fingerprint density at radius 3 is 2.21 bits per heavy atom. The molecular formula is C34H33F6N3O5. The number of nitrogens with zero attached hydrogens (tertiary/aromatic N) is 3. The molecule has 0 saturated carbocycles. The maximum atomic E-state index is 13.6. The minimum atomic E-state index is -5.05. The number of alkyl halides is 6. The molecule has 8 nitrogen and oxygen atoms in total. The quantitative estimate of drug-likeness (QED) is 0.183. The Labute approximate surface area is 272 Å². The number of esters is 1. The van der Waals surface area contributed by atoms with Crippen LogP contribution in [0.5, 0.6) is 5.75 Å². The van der Waals surface area contributed by atoms with Crippen LogP contribution in [-0.4, -0.2) is 53.7 Å². The number of ether oxygens (including phenoxy) is 3. The first-order valence-corrected chi connectivity index (χ1v) is 15.0. The van der Waals surface area contributed by atoms with Crippen molar-refractivity contribution in [1.82, 2.24) is 14.9 Å². The summed E-state index contributed by atoms with van der Waals surface area (Å²) in [6.45, 7) is 5.64. The molecule has 2 atom stereocenters. The van der Waals surface area contributed by atoms with Crippen molar-refractivity contribution in [1.29, 1.82) is 0 Å². The van der Waals surface area contributed by atoms with Gasteiger partial charge in [0.15, 0.2) is 11.6 Å². The third-order valence-electron chi connectivity index (χ3n) is 8.69. The van der Waals surface area contributed by atoms with Gasteiger partial charge in [-0.3, -0.25) is 4.90 Å². The smallest absolute Gasteiger partial charge is 0.416 e. The minimum Gasteiger partial charge on any atom is -0.493 e. The Balaban J connectivity index is 1.53. The van der Waals surface area contributed by atoms with E-state index in [1.54, 1.807) is 24.3 Å². The summed E-state index contributed by atoms with van der Waals surface area (Å²) in [5.41, 5.74) is -0.557. The molecule has 5 rings (SSSR count). The van der Waals surface area contributed by atoms with Gasteiger partial charge in [-0.1, -0.05) is 26.0 Å². The van der Waals surface area contributed by atoms with Crippen LogP contribution in [0, 0.1) is 5.41 Å². The molecule has 14 heteroatoms. The van der Waals surface area contributed by atoms with Crippen molar-refractivity contribution >= 4 is 17.6 Å². The number of cyclic esters (lactones) is 1. The van der Waals surface area contributed by atoms with Crippen molar-refractivity contribution in [2.45, 2.75) is 64.5 Å². The molecule has 1 saturated heterocycles. The predicted molar refractivity (Wildman–Crippen MR) is 162 cm³/mol. The molecule has 1 fully saturated rings. The van der Waals surface area contributed by atoms with Gasteiger partial charge in [0, 0.05) is 12.1 Å². The molecule has 0 bridgehead atoms. The molecule has 3 aromatic rings. The Hall–Kier alpha value is -4.62. The number of aromatic nitrogens is 2. The van der Waals surface area contributed by atoms with Crippen LogP contribution >= 0.6 is 0 Å². The number of halogens is 6. The predicted octanol–water partition coefficient (Wildman–Crippen LogP) is 8.52. The van der Waals surface area contributed by atoms with Crippen molar-refractivity contribution in [3.8, 4) is 17.1 Å². The topological polar surface area (TPSA) is 90.9 Å². The highest BCUT2D eigenvalue weighted by Gasteiger charge is 2.44. The van der Waals surface area contributed by atoms with Gasteiger partial charge < -0.3 is 14.2 Å². The molecular weight excluding hydrogens is 644 g/mol. The highest BCUT2D eigenvalue weighted by atomic mass is 19.4. The summed E-state index contributed by atoms with van der Waals surface area (Å²) in [5, 5.41) is 0. The van der Waals surface area contributed by atoms with E-state index in [2.05, 4.69) is 18.8 Å². The zero-order chi connectivity index (χ0) is 35.2. The largest absolute Gasteiger partial charge is 0.493 e. The Morgan fingerprint density at radius 2 is 1.65 bits per heavy atom. The standard InChI is InChI=1S/C34H33F6N3O5/c1-18-28(21-12-23(33(35,36)37)14-24(13-21)34(38,39)40)48-31(45)43(18)17-22-15-32(2,3)11-10-25(22)27-26(46-4)16-41-29(42-27)19-6-8-20(9-7-19)30(44)47-5/h6-9,12-14,16,18,28H,10-11,15,17H2,1-5H3/t18-,28-/m0/s1. The number of rotatable bonds is 7. The molecule has 1 aliphatic heterocycles. The van der Waals surface area contributed by atoms with Crippen molar-refractivity contribution < 1.29 is 50.1 Å². The number of hydrogen-bond donors (Lipinski definition) is 0. The van der Waals surface area contributed by atoms with Crippen molar-refractivity contribution in [2.24, 2.45) is 5.41 Å². The van der Waals surface area contributed by atoms with E-state index in [0.29, 0.717) is 53.4 Å². The van der Waals surface area contributed by atoms with Crippen LogP contribution in [0.25, 0.3) is 17.0 Å². The molecule has 256 valence electrons. The number of carbonyl (C=O) groups excluding carboxylic acids is 2. The molecule has 2 aliphatic rings. The second-order valence-electron chi connectivity index (χ2n) is 12.6. The Kier molecular flexibility index (Phi) is 9.23. The van der Waals surface area contributed by atoms with Gasteiger partial charge in [0.25, 0.3) is 0 Å². The second kappa shape index (κ2) is 12.8. The monoisotopic (exact) mass is 677 g/mol. The molecule has 48 heavy (non-hydrogen) atoms. The molecule has 0 spiro atoms. The number of hydrogen-bond acceptors (Lipinski definition) is 7. The van der Waals surface area contributed by atoms with Gasteiger partial charge in [-0.15, -0.1) is 0 Å². The third kappa shape index (κ3) is 7.12. The van der Waals surface area contributed by atoms with E-state index in [1.165, 1.54) is 32.2 Å². The number of benzene rings is 2. The summed E-state index contributed by atoms with van der Waals surface area (Å²) < 4.78 is 97.4. The molecule has 2 aromatic carbocycles. The van der Waals surface area contributed by atoms with E-state index in [9.17, 15) is 35.9 Å². The van der Waals surface area contributed by atoms with Gasteiger partial charge >= 0.3 is 24.4 Å². The van der Waals surface area contributed by atoms with Crippen molar-refractivity contribution in [3.05, 3.63) is 82.2 Å². The van der Waals surface area contributed by atoms with E-state index in [4.69, 9.17) is 19.2 Å². The SMILES string of the molecule is COC(=O)c1ccc(-c2ncc(OC)c(C3=C(CN4C(=O)O[C@H](c5cc(C(F)(F)F)cc(C(F)(F)F)c5)[C@@H]4C)CC(C)(C)CC3)n2)cc1. The fourth-order valence-electron chi connectivity index (χ4n) is 6.11. The summed E-state index contributed by atoms with van der Waals surface area (Å²) in [4.78, 5) is 35.7. The van der Waals surface area contributed by atoms with E-state index in [-0.39, 0.29) is 18.0 Å². The molecule has 0 unspecified atom stereocenters. The first-order valence-electron chi connectivity index (χ1n) is 15.0. The van der Waals surface area contributed by atoms with Crippen LogP contribution in [0.3, 0.4) is 0 Å². The highest BCUT2D eigenvalue weighted by Crippen LogP contribution is 2.46. The number of amides is 1. The van der Waals surface area contributed by atoms with Gasteiger partial charge in [-0.05, 0) is 78.6 Å². The summed E-state index contributed by atoms with van der Waals surface area (Å²) in [6.07, 6.45) is -9.01. The lowest BCUT2D eigenvalue weighted by Gasteiger charge is -2.35. The normalized spacial score (nSPS) is 19.7. The maximum Gasteiger partial charge on any atom is 0.416 e. The Bertz CT molecular complexity index is 1720. The fourth-order valence-corrected chi connectivity index (χ4v) is 6.11. The van der Waals surface area contributed by atoms with Crippen LogP contribution in [0.4, 0.5) is 31.1 Å². The number of carbonyl (C=O) groups is 2. The van der Waals surface area contributed by atoms with E-state index >= 15 is 0 Å². The summed E-state index contributed by atoms with van der Waals surface area (Å²) in [6, 6.07) is 6.84. The van der Waals surface area contributed by atoms with Gasteiger partial charge in [0.05, 0.1) is 43.1 Å². The summed E-state index contributed by atoms with van der Waals surface area (Å²) >= 11 is 0. The zero-order valence-corrected chi connectivity index (χ0v) is 26.8. The first-order chi connectivity index (χ1) is 22.4. The number of methoxy groups -OCH3 is 2.